The molecule has 0 bridgehead atoms. The van der Waals surface area contributed by atoms with Gasteiger partial charge in [-0.2, -0.15) is 0 Å². The van der Waals surface area contributed by atoms with Crippen molar-refractivity contribution in [3.8, 4) is 0 Å². The second-order valence-corrected chi connectivity index (χ2v) is 3.71. The summed E-state index contributed by atoms with van der Waals surface area (Å²) >= 11 is 0. The number of aromatic nitrogens is 1. The van der Waals surface area contributed by atoms with E-state index in [0.29, 0.717) is 12.6 Å². The van der Waals surface area contributed by atoms with Crippen LogP contribution in [0.2, 0.25) is 0 Å². The lowest BCUT2D eigenvalue weighted by Crippen LogP contribution is -2.39. The van der Waals surface area contributed by atoms with Crippen LogP contribution in [0.25, 0.3) is 0 Å². The Morgan fingerprint density at radius 3 is 3.13 bits per heavy atom. The quantitative estimate of drug-likeness (QED) is 0.787. The molecule has 0 radical (unpaired) electrons. The van der Waals surface area contributed by atoms with Gasteiger partial charge in [0.25, 0.3) is 0 Å². The number of ether oxygens (including phenoxy) is 1. The Morgan fingerprint density at radius 2 is 2.53 bits per heavy atom. The minimum absolute atomic E-state index is 0.456. The molecular formula is C11H17N3O. The van der Waals surface area contributed by atoms with Gasteiger partial charge in [0, 0.05) is 25.9 Å². The Balaban J connectivity index is 2.11. The number of anilines is 1. The molecule has 4 heteroatoms. The molecule has 2 N–H and O–H groups in total. The predicted molar refractivity (Wildman–Crippen MR) is 59.9 cm³/mol. The number of nitrogens with zero attached hydrogens (tertiary/aromatic N) is 2. The summed E-state index contributed by atoms with van der Waals surface area (Å²) in [6.07, 6.45) is 4.75. The summed E-state index contributed by atoms with van der Waals surface area (Å²) in [6.45, 7) is 3.17. The number of pyridine rings is 1. The third kappa shape index (κ3) is 2.46. The van der Waals surface area contributed by atoms with Crippen molar-refractivity contribution in [3.63, 3.8) is 0 Å². The van der Waals surface area contributed by atoms with Crippen LogP contribution in [0.15, 0.2) is 24.5 Å². The standard InChI is InChI=1S/C11H17N3O/c12-4-6-14(11-3-7-15-9-11)10-2-1-5-13-8-10/h1-2,5,8,11H,3-4,6-7,9,12H2. The van der Waals surface area contributed by atoms with Gasteiger partial charge in [0.1, 0.15) is 0 Å². The van der Waals surface area contributed by atoms with Crippen molar-refractivity contribution >= 4 is 5.69 Å². The Morgan fingerprint density at radius 1 is 1.60 bits per heavy atom. The van der Waals surface area contributed by atoms with Crippen LogP contribution >= 0.6 is 0 Å². The van der Waals surface area contributed by atoms with Gasteiger partial charge >= 0.3 is 0 Å². The van der Waals surface area contributed by atoms with Gasteiger partial charge in [0.2, 0.25) is 0 Å². The fraction of sp³-hybridized carbons (Fsp3) is 0.545. The van der Waals surface area contributed by atoms with Crippen molar-refractivity contribution in [3.05, 3.63) is 24.5 Å². The molecule has 4 nitrogen and oxygen atoms in total. The zero-order valence-corrected chi connectivity index (χ0v) is 8.80. The highest BCUT2D eigenvalue weighted by atomic mass is 16.5. The molecule has 1 unspecified atom stereocenters. The lowest BCUT2D eigenvalue weighted by Gasteiger charge is -2.29. The first kappa shape index (κ1) is 10.4. The van der Waals surface area contributed by atoms with Gasteiger partial charge in [0.05, 0.1) is 24.5 Å². The van der Waals surface area contributed by atoms with Gasteiger partial charge in [-0.25, -0.2) is 0 Å². The summed E-state index contributed by atoms with van der Waals surface area (Å²) < 4.78 is 5.40. The summed E-state index contributed by atoms with van der Waals surface area (Å²) in [4.78, 5) is 6.43. The maximum atomic E-state index is 5.63. The number of hydrogen-bond acceptors (Lipinski definition) is 4. The zero-order chi connectivity index (χ0) is 10.5. The summed E-state index contributed by atoms with van der Waals surface area (Å²) in [6, 6.07) is 4.48. The fourth-order valence-corrected chi connectivity index (χ4v) is 1.95. The zero-order valence-electron chi connectivity index (χ0n) is 8.80. The molecule has 1 fully saturated rings. The lowest BCUT2D eigenvalue weighted by molar-refractivity contribution is 0.193. The van der Waals surface area contributed by atoms with E-state index >= 15 is 0 Å². The van der Waals surface area contributed by atoms with E-state index in [9.17, 15) is 0 Å². The van der Waals surface area contributed by atoms with E-state index in [-0.39, 0.29) is 0 Å². The van der Waals surface area contributed by atoms with E-state index in [1.54, 1.807) is 6.20 Å². The number of nitrogens with two attached hydrogens (primary N) is 1. The highest BCUT2D eigenvalue weighted by molar-refractivity contribution is 5.45. The Labute approximate surface area is 90.0 Å². The van der Waals surface area contributed by atoms with Crippen LogP contribution in [0.5, 0.6) is 0 Å². The maximum Gasteiger partial charge on any atom is 0.0670 e. The van der Waals surface area contributed by atoms with Crippen molar-refractivity contribution < 1.29 is 4.74 Å². The molecular weight excluding hydrogens is 190 g/mol. The minimum Gasteiger partial charge on any atom is -0.379 e. The second kappa shape index (κ2) is 5.09. The van der Waals surface area contributed by atoms with Crippen LogP contribution in [-0.2, 0) is 4.74 Å². The fourth-order valence-electron chi connectivity index (χ4n) is 1.95. The normalized spacial score (nSPS) is 20.5. The molecule has 1 aliphatic heterocycles. The van der Waals surface area contributed by atoms with E-state index in [4.69, 9.17) is 10.5 Å². The Kier molecular flexibility index (Phi) is 3.53. The molecule has 0 spiro atoms. The molecule has 1 aliphatic rings. The van der Waals surface area contributed by atoms with Crippen molar-refractivity contribution in [2.24, 2.45) is 5.73 Å². The molecule has 82 valence electrons. The molecule has 1 aromatic heterocycles. The van der Waals surface area contributed by atoms with E-state index in [1.165, 1.54) is 0 Å². The van der Waals surface area contributed by atoms with Crippen molar-refractivity contribution in [1.29, 1.82) is 0 Å². The van der Waals surface area contributed by atoms with Crippen LogP contribution in [0.1, 0.15) is 6.42 Å². The molecule has 1 atom stereocenters. The molecule has 0 saturated carbocycles. The third-order valence-electron chi connectivity index (χ3n) is 2.69. The SMILES string of the molecule is NCCN(c1cccnc1)C1CCOC1. The summed E-state index contributed by atoms with van der Waals surface area (Å²) in [5, 5.41) is 0. The van der Waals surface area contributed by atoms with Gasteiger partial charge < -0.3 is 15.4 Å². The second-order valence-electron chi connectivity index (χ2n) is 3.71. The first-order chi connectivity index (χ1) is 7.42. The van der Waals surface area contributed by atoms with E-state index in [0.717, 1.165) is 31.9 Å². The molecule has 2 heterocycles. The van der Waals surface area contributed by atoms with Gasteiger partial charge in [-0.3, -0.25) is 4.98 Å². The average Bonchev–Trinajstić information content (AvgIpc) is 2.80. The molecule has 0 aromatic carbocycles. The Bertz CT molecular complexity index is 285. The highest BCUT2D eigenvalue weighted by Crippen LogP contribution is 2.19. The summed E-state index contributed by atoms with van der Waals surface area (Å²) in [5.74, 6) is 0. The molecule has 0 amide bonds. The van der Waals surface area contributed by atoms with Crippen LogP contribution in [0.4, 0.5) is 5.69 Å². The maximum absolute atomic E-state index is 5.63. The van der Waals surface area contributed by atoms with Crippen LogP contribution in [-0.4, -0.2) is 37.3 Å². The van der Waals surface area contributed by atoms with E-state index in [2.05, 4.69) is 16.0 Å². The smallest absolute Gasteiger partial charge is 0.0670 e. The van der Waals surface area contributed by atoms with Gasteiger partial charge in [-0.15, -0.1) is 0 Å². The van der Waals surface area contributed by atoms with Gasteiger partial charge in [-0.05, 0) is 18.6 Å². The van der Waals surface area contributed by atoms with E-state index in [1.807, 2.05) is 12.3 Å². The molecule has 1 aromatic rings. The third-order valence-corrected chi connectivity index (χ3v) is 2.69. The number of rotatable bonds is 4. The lowest BCUT2D eigenvalue weighted by atomic mass is 10.2. The monoisotopic (exact) mass is 207 g/mol. The average molecular weight is 207 g/mol. The first-order valence-electron chi connectivity index (χ1n) is 5.36. The molecule has 1 saturated heterocycles. The van der Waals surface area contributed by atoms with Crippen LogP contribution < -0.4 is 10.6 Å². The Hall–Kier alpha value is -1.13. The van der Waals surface area contributed by atoms with Crippen molar-refractivity contribution in [2.45, 2.75) is 12.5 Å². The molecule has 15 heavy (non-hydrogen) atoms. The summed E-state index contributed by atoms with van der Waals surface area (Å²) in [5.41, 5.74) is 6.77. The van der Waals surface area contributed by atoms with Gasteiger partial charge in [0.15, 0.2) is 0 Å². The molecule has 2 rings (SSSR count). The largest absolute Gasteiger partial charge is 0.379 e. The van der Waals surface area contributed by atoms with Crippen LogP contribution in [0, 0.1) is 0 Å². The van der Waals surface area contributed by atoms with Gasteiger partial charge in [-0.1, -0.05) is 0 Å². The van der Waals surface area contributed by atoms with E-state index < -0.39 is 0 Å². The van der Waals surface area contributed by atoms with Crippen molar-refractivity contribution in [1.82, 2.24) is 4.98 Å². The summed E-state index contributed by atoms with van der Waals surface area (Å²) in [7, 11) is 0. The van der Waals surface area contributed by atoms with Crippen LogP contribution in [0.3, 0.4) is 0 Å². The first-order valence-corrected chi connectivity index (χ1v) is 5.36. The highest BCUT2D eigenvalue weighted by Gasteiger charge is 2.22. The predicted octanol–water partition coefficient (Wildman–Crippen LogP) is 0.636. The number of hydrogen-bond donors (Lipinski definition) is 1. The molecule has 0 aliphatic carbocycles. The minimum atomic E-state index is 0.456. The van der Waals surface area contributed by atoms with Crippen molar-refractivity contribution in [2.75, 3.05) is 31.2 Å². The topological polar surface area (TPSA) is 51.4 Å².